The van der Waals surface area contributed by atoms with Gasteiger partial charge in [-0.25, -0.2) is 4.90 Å². The Balaban J connectivity index is 2.30. The molecule has 2 heterocycles. The maximum absolute atomic E-state index is 13.5. The number of phenols is 1. The molecule has 1 aromatic heterocycles. The van der Waals surface area contributed by atoms with E-state index in [4.69, 9.17) is 4.42 Å². The van der Waals surface area contributed by atoms with Gasteiger partial charge in [0.1, 0.15) is 17.3 Å². The number of amides is 2. The fourth-order valence-electron chi connectivity index (χ4n) is 3.71. The summed E-state index contributed by atoms with van der Waals surface area (Å²) >= 11 is 0. The number of aryl methyl sites for hydroxylation is 2. The molecule has 1 saturated heterocycles. The van der Waals surface area contributed by atoms with Gasteiger partial charge in [0, 0.05) is 5.56 Å². The third kappa shape index (κ3) is 3.17. The number of rotatable bonds is 3. The highest BCUT2D eigenvalue weighted by Gasteiger charge is 2.43. The highest BCUT2D eigenvalue weighted by atomic mass is 16.3. The molecule has 1 fully saturated rings. The van der Waals surface area contributed by atoms with E-state index in [1.165, 1.54) is 17.0 Å². The number of hydrogen-bond acceptors (Lipinski definition) is 4. The third-order valence-corrected chi connectivity index (χ3v) is 4.87. The van der Waals surface area contributed by atoms with E-state index in [2.05, 4.69) is 0 Å². The van der Waals surface area contributed by atoms with Crippen molar-refractivity contribution in [3.63, 3.8) is 0 Å². The Morgan fingerprint density at radius 3 is 2.04 bits per heavy atom. The molecule has 0 unspecified atom stereocenters. The van der Waals surface area contributed by atoms with E-state index in [1.54, 1.807) is 12.1 Å². The Bertz CT molecular complexity index is 1020. The lowest BCUT2D eigenvalue weighted by Gasteiger charge is -2.16. The second kappa shape index (κ2) is 7.15. The Hall–Kier alpha value is -3.08. The van der Waals surface area contributed by atoms with Gasteiger partial charge in [-0.2, -0.15) is 0 Å². The van der Waals surface area contributed by atoms with Crippen LogP contribution in [0, 0.1) is 19.8 Å². The lowest BCUT2D eigenvalue weighted by atomic mass is 9.87. The first-order valence-corrected chi connectivity index (χ1v) is 9.30. The van der Waals surface area contributed by atoms with E-state index < -0.39 is 0 Å². The molecule has 28 heavy (non-hydrogen) atoms. The second-order valence-electron chi connectivity index (χ2n) is 7.61. The minimum atomic E-state index is -0.353. The average Bonchev–Trinajstić information content (AvgIpc) is 3.05. The number of anilines is 1. The smallest absolute Gasteiger partial charge is 0.266 e. The summed E-state index contributed by atoms with van der Waals surface area (Å²) in [5, 5.41) is 9.55. The number of carbonyl (C=O) groups is 2. The molecule has 1 N–H and O–H groups in total. The first-order valence-electron chi connectivity index (χ1n) is 9.30. The van der Waals surface area contributed by atoms with Crippen molar-refractivity contribution in [2.45, 2.75) is 41.5 Å². The first-order chi connectivity index (χ1) is 13.1. The standard InChI is InChI=1S/C23H25NO4/c1-12(2)19(18-11-14(5)28-15(18)6)21-20(13(3)4)22(26)24(23(21)27)16-7-9-17(25)10-8-16/h7-12,25H,1-6H3/b21-19+. The van der Waals surface area contributed by atoms with E-state index >= 15 is 0 Å². The molecule has 0 aliphatic carbocycles. The summed E-state index contributed by atoms with van der Waals surface area (Å²) in [6.07, 6.45) is 0. The summed E-state index contributed by atoms with van der Waals surface area (Å²) in [6, 6.07) is 7.98. The van der Waals surface area contributed by atoms with Gasteiger partial charge < -0.3 is 9.52 Å². The van der Waals surface area contributed by atoms with E-state index in [0.29, 0.717) is 16.8 Å². The molecule has 5 heteroatoms. The second-order valence-corrected chi connectivity index (χ2v) is 7.61. The third-order valence-electron chi connectivity index (χ3n) is 4.87. The zero-order valence-corrected chi connectivity index (χ0v) is 17.1. The largest absolute Gasteiger partial charge is 0.508 e. The number of benzene rings is 1. The molecule has 3 rings (SSSR count). The van der Waals surface area contributed by atoms with Gasteiger partial charge in [0.15, 0.2) is 0 Å². The van der Waals surface area contributed by atoms with Crippen molar-refractivity contribution in [2.24, 2.45) is 5.92 Å². The van der Waals surface area contributed by atoms with Crippen molar-refractivity contribution < 1.29 is 19.1 Å². The maximum Gasteiger partial charge on any atom is 0.266 e. The van der Waals surface area contributed by atoms with Crippen LogP contribution in [0.1, 0.15) is 44.8 Å². The minimum absolute atomic E-state index is 0.0107. The summed E-state index contributed by atoms with van der Waals surface area (Å²) in [5.74, 6) is 0.878. The predicted octanol–water partition coefficient (Wildman–Crippen LogP) is 4.92. The van der Waals surface area contributed by atoms with Crippen molar-refractivity contribution >= 4 is 23.1 Å². The highest BCUT2D eigenvalue weighted by molar-refractivity contribution is 6.39. The van der Waals surface area contributed by atoms with E-state index in [1.807, 2.05) is 47.6 Å². The number of furan rings is 1. The summed E-state index contributed by atoms with van der Waals surface area (Å²) < 4.78 is 5.70. The minimum Gasteiger partial charge on any atom is -0.508 e. The van der Waals surface area contributed by atoms with Gasteiger partial charge in [-0.05, 0) is 69.5 Å². The molecular formula is C23H25NO4. The fraction of sp³-hybridized carbons (Fsp3) is 0.304. The molecular weight excluding hydrogens is 354 g/mol. The van der Waals surface area contributed by atoms with Crippen LogP contribution in [0.5, 0.6) is 5.75 Å². The van der Waals surface area contributed by atoms with E-state index in [-0.39, 0.29) is 23.5 Å². The predicted molar refractivity (Wildman–Crippen MR) is 109 cm³/mol. The number of phenolic OH excluding ortho intramolecular Hbond substituents is 1. The van der Waals surface area contributed by atoms with Crippen molar-refractivity contribution in [1.29, 1.82) is 0 Å². The molecule has 2 aromatic rings. The number of nitrogens with zero attached hydrogens (tertiary/aromatic N) is 1. The summed E-state index contributed by atoms with van der Waals surface area (Å²) in [7, 11) is 0. The zero-order chi connectivity index (χ0) is 20.7. The first kappa shape index (κ1) is 19.7. The van der Waals surface area contributed by atoms with Gasteiger partial charge in [-0.15, -0.1) is 0 Å². The molecule has 0 atom stereocenters. The molecule has 1 aliphatic heterocycles. The number of imide groups is 1. The summed E-state index contributed by atoms with van der Waals surface area (Å²) in [6.45, 7) is 11.4. The van der Waals surface area contributed by atoms with E-state index in [0.717, 1.165) is 28.2 Å². The monoisotopic (exact) mass is 379 g/mol. The Morgan fingerprint density at radius 1 is 1.00 bits per heavy atom. The number of hydrogen-bond donors (Lipinski definition) is 1. The summed E-state index contributed by atoms with van der Waals surface area (Å²) in [4.78, 5) is 27.9. The van der Waals surface area contributed by atoms with Gasteiger partial charge in [0.2, 0.25) is 0 Å². The molecule has 0 spiro atoms. The Morgan fingerprint density at radius 2 is 1.57 bits per heavy atom. The molecule has 1 aromatic carbocycles. The van der Waals surface area contributed by atoms with Crippen molar-refractivity contribution in [1.82, 2.24) is 0 Å². The van der Waals surface area contributed by atoms with Gasteiger partial charge in [0.25, 0.3) is 11.8 Å². The van der Waals surface area contributed by atoms with Crippen molar-refractivity contribution in [3.8, 4) is 5.75 Å². The van der Waals surface area contributed by atoms with Crippen LogP contribution in [0.2, 0.25) is 0 Å². The molecule has 146 valence electrons. The van der Waals surface area contributed by atoms with Gasteiger partial charge in [-0.1, -0.05) is 19.4 Å². The molecule has 5 nitrogen and oxygen atoms in total. The number of carbonyl (C=O) groups excluding carboxylic acids is 2. The van der Waals surface area contributed by atoms with Gasteiger partial charge >= 0.3 is 0 Å². The van der Waals surface area contributed by atoms with Crippen LogP contribution in [0.3, 0.4) is 0 Å². The number of allylic oxidation sites excluding steroid dienone is 2. The summed E-state index contributed by atoms with van der Waals surface area (Å²) in [5.41, 5.74) is 3.74. The van der Waals surface area contributed by atoms with Crippen LogP contribution in [-0.2, 0) is 9.59 Å². The van der Waals surface area contributed by atoms with Gasteiger partial charge in [0.05, 0.1) is 16.8 Å². The molecule has 2 amide bonds. The molecule has 0 radical (unpaired) electrons. The normalized spacial score (nSPS) is 16.4. The Labute approximate surface area is 165 Å². The zero-order valence-electron chi connectivity index (χ0n) is 17.1. The van der Waals surface area contributed by atoms with Crippen LogP contribution in [-0.4, -0.2) is 16.9 Å². The molecule has 1 aliphatic rings. The van der Waals surface area contributed by atoms with Crippen LogP contribution >= 0.6 is 0 Å². The topological polar surface area (TPSA) is 70.8 Å². The van der Waals surface area contributed by atoms with E-state index in [9.17, 15) is 14.7 Å². The van der Waals surface area contributed by atoms with Crippen LogP contribution < -0.4 is 4.90 Å². The Kier molecular flexibility index (Phi) is 5.02. The average molecular weight is 379 g/mol. The highest BCUT2D eigenvalue weighted by Crippen LogP contribution is 2.41. The maximum atomic E-state index is 13.5. The van der Waals surface area contributed by atoms with Crippen molar-refractivity contribution in [3.05, 3.63) is 64.1 Å². The molecule has 0 bridgehead atoms. The fourth-order valence-corrected chi connectivity index (χ4v) is 3.71. The van der Waals surface area contributed by atoms with Crippen LogP contribution in [0.4, 0.5) is 5.69 Å². The van der Waals surface area contributed by atoms with Crippen LogP contribution in [0.25, 0.3) is 5.57 Å². The lowest BCUT2D eigenvalue weighted by Crippen LogP contribution is -2.29. The SMILES string of the molecule is CC(C)=C1C(=O)N(c2ccc(O)cc2)C(=O)/C1=C(/c1cc(C)oc1C)C(C)C. The number of aromatic hydroxyl groups is 1. The molecule has 0 saturated carbocycles. The van der Waals surface area contributed by atoms with Crippen LogP contribution in [0.15, 0.2) is 51.5 Å². The quantitative estimate of drug-likeness (QED) is 0.607. The van der Waals surface area contributed by atoms with Crippen molar-refractivity contribution in [2.75, 3.05) is 4.90 Å². The van der Waals surface area contributed by atoms with Gasteiger partial charge in [-0.3, -0.25) is 9.59 Å². The lowest BCUT2D eigenvalue weighted by molar-refractivity contribution is -0.119.